The summed E-state index contributed by atoms with van der Waals surface area (Å²) in [4.78, 5) is 6.21. The third-order valence-electron chi connectivity index (χ3n) is 2.29. The highest BCUT2D eigenvalue weighted by atomic mass is 35.5. The molecule has 0 aliphatic heterocycles. The van der Waals surface area contributed by atoms with Gasteiger partial charge in [-0.25, -0.2) is 4.98 Å². The van der Waals surface area contributed by atoms with Gasteiger partial charge in [-0.1, -0.05) is 17.7 Å². The highest BCUT2D eigenvalue weighted by molar-refractivity contribution is 6.29. The third kappa shape index (κ3) is 4.16. The van der Waals surface area contributed by atoms with Gasteiger partial charge in [0.2, 0.25) is 0 Å². The zero-order valence-electron chi connectivity index (χ0n) is 9.15. The molecule has 0 spiro atoms. The van der Waals surface area contributed by atoms with E-state index in [9.17, 15) is 0 Å². The first kappa shape index (κ1) is 12.4. The van der Waals surface area contributed by atoms with Gasteiger partial charge >= 0.3 is 0 Å². The molecular formula is C11H17ClN2O. The zero-order chi connectivity index (χ0) is 11.3. The molecule has 15 heavy (non-hydrogen) atoms. The maximum Gasteiger partial charge on any atom is 0.129 e. The van der Waals surface area contributed by atoms with Gasteiger partial charge in [0.05, 0.1) is 6.61 Å². The number of pyridine rings is 1. The molecule has 1 N–H and O–H groups in total. The second-order valence-electron chi connectivity index (χ2n) is 3.78. The first-order chi connectivity index (χ1) is 7.13. The minimum Gasteiger partial charge on any atom is -0.395 e. The fraction of sp³-hybridized carbons (Fsp3) is 0.545. The van der Waals surface area contributed by atoms with Gasteiger partial charge in [-0.05, 0) is 25.5 Å². The minimum atomic E-state index is 0.180. The first-order valence-electron chi connectivity index (χ1n) is 5.09. The largest absolute Gasteiger partial charge is 0.395 e. The van der Waals surface area contributed by atoms with E-state index in [1.807, 2.05) is 6.07 Å². The number of hydrogen-bond donors (Lipinski definition) is 1. The van der Waals surface area contributed by atoms with E-state index in [4.69, 9.17) is 16.7 Å². The van der Waals surface area contributed by atoms with E-state index in [-0.39, 0.29) is 6.61 Å². The lowest BCUT2D eigenvalue weighted by Crippen LogP contribution is -2.32. The quantitative estimate of drug-likeness (QED) is 0.783. The zero-order valence-corrected chi connectivity index (χ0v) is 9.91. The third-order valence-corrected chi connectivity index (χ3v) is 2.52. The van der Waals surface area contributed by atoms with Gasteiger partial charge < -0.3 is 5.11 Å². The average Bonchev–Trinajstić information content (AvgIpc) is 2.20. The summed E-state index contributed by atoms with van der Waals surface area (Å²) in [6.45, 7) is 5.87. The Hall–Kier alpha value is -0.640. The summed E-state index contributed by atoms with van der Waals surface area (Å²) in [5.41, 5.74) is 1.11. The first-order valence-corrected chi connectivity index (χ1v) is 5.46. The van der Waals surface area contributed by atoms with Crippen LogP contribution in [0.4, 0.5) is 0 Å². The summed E-state index contributed by atoms with van der Waals surface area (Å²) >= 11 is 5.71. The molecule has 84 valence electrons. The lowest BCUT2D eigenvalue weighted by molar-refractivity contribution is 0.159. The molecule has 0 atom stereocenters. The second-order valence-corrected chi connectivity index (χ2v) is 4.16. The van der Waals surface area contributed by atoms with E-state index in [0.29, 0.717) is 17.7 Å². The fourth-order valence-electron chi connectivity index (χ4n) is 1.38. The van der Waals surface area contributed by atoms with Crippen LogP contribution in [0, 0.1) is 0 Å². The van der Waals surface area contributed by atoms with Crippen molar-refractivity contribution < 1.29 is 5.11 Å². The highest BCUT2D eigenvalue weighted by Crippen LogP contribution is 2.09. The Morgan fingerprint density at radius 1 is 1.47 bits per heavy atom. The predicted molar refractivity (Wildman–Crippen MR) is 61.9 cm³/mol. The Bertz CT molecular complexity index is 287. The molecule has 1 aromatic heterocycles. The molecule has 0 aliphatic carbocycles. The summed E-state index contributed by atoms with van der Waals surface area (Å²) in [6.07, 6.45) is 1.77. The van der Waals surface area contributed by atoms with Crippen LogP contribution in [-0.2, 0) is 6.54 Å². The molecule has 0 fully saturated rings. The van der Waals surface area contributed by atoms with Crippen LogP contribution in [0.2, 0.25) is 5.15 Å². The molecule has 1 heterocycles. The average molecular weight is 229 g/mol. The highest BCUT2D eigenvalue weighted by Gasteiger charge is 2.09. The summed E-state index contributed by atoms with van der Waals surface area (Å²) in [5.74, 6) is 0. The second kappa shape index (κ2) is 6.05. The SMILES string of the molecule is CC(C)N(CCO)Cc1ccc(Cl)nc1. The van der Waals surface area contributed by atoms with Gasteiger partial charge in [-0.2, -0.15) is 0 Å². The minimum absolute atomic E-state index is 0.180. The maximum atomic E-state index is 8.93. The Balaban J connectivity index is 2.61. The van der Waals surface area contributed by atoms with Crippen molar-refractivity contribution in [1.82, 2.24) is 9.88 Å². The van der Waals surface area contributed by atoms with Crippen molar-refractivity contribution in [3.63, 3.8) is 0 Å². The van der Waals surface area contributed by atoms with Crippen LogP contribution in [0.25, 0.3) is 0 Å². The van der Waals surface area contributed by atoms with Crippen molar-refractivity contribution in [3.05, 3.63) is 29.0 Å². The molecule has 0 radical (unpaired) electrons. The molecule has 0 aliphatic rings. The van der Waals surface area contributed by atoms with Gasteiger partial charge in [-0.15, -0.1) is 0 Å². The molecule has 1 rings (SSSR count). The molecule has 4 heteroatoms. The number of nitrogens with zero attached hydrogens (tertiary/aromatic N) is 2. The van der Waals surface area contributed by atoms with Crippen LogP contribution >= 0.6 is 11.6 Å². The van der Waals surface area contributed by atoms with E-state index >= 15 is 0 Å². The Kier molecular flexibility index (Phi) is 5.02. The number of halogens is 1. The Labute approximate surface area is 95.7 Å². The van der Waals surface area contributed by atoms with Gasteiger partial charge in [0, 0.05) is 25.3 Å². The van der Waals surface area contributed by atoms with Crippen molar-refractivity contribution in [2.24, 2.45) is 0 Å². The van der Waals surface area contributed by atoms with E-state index in [2.05, 4.69) is 23.7 Å². The van der Waals surface area contributed by atoms with Crippen molar-refractivity contribution in [2.75, 3.05) is 13.2 Å². The van der Waals surface area contributed by atoms with E-state index < -0.39 is 0 Å². The van der Waals surface area contributed by atoms with Crippen molar-refractivity contribution in [3.8, 4) is 0 Å². The van der Waals surface area contributed by atoms with Gasteiger partial charge in [0.15, 0.2) is 0 Å². The lowest BCUT2D eigenvalue weighted by Gasteiger charge is -2.25. The molecule has 3 nitrogen and oxygen atoms in total. The van der Waals surface area contributed by atoms with E-state index in [1.165, 1.54) is 0 Å². The maximum absolute atomic E-state index is 8.93. The Morgan fingerprint density at radius 2 is 2.20 bits per heavy atom. The molecule has 0 bridgehead atoms. The number of aliphatic hydroxyl groups is 1. The van der Waals surface area contributed by atoms with Crippen LogP contribution in [0.3, 0.4) is 0 Å². The van der Waals surface area contributed by atoms with Crippen LogP contribution in [0.15, 0.2) is 18.3 Å². The molecule has 0 saturated carbocycles. The monoisotopic (exact) mass is 228 g/mol. The summed E-state index contributed by atoms with van der Waals surface area (Å²) in [5, 5.41) is 9.44. The Morgan fingerprint density at radius 3 is 2.67 bits per heavy atom. The summed E-state index contributed by atoms with van der Waals surface area (Å²) in [7, 11) is 0. The number of hydrogen-bond acceptors (Lipinski definition) is 3. The summed E-state index contributed by atoms with van der Waals surface area (Å²) in [6, 6.07) is 4.16. The molecule has 1 aromatic rings. The van der Waals surface area contributed by atoms with Crippen LogP contribution in [-0.4, -0.2) is 34.2 Å². The van der Waals surface area contributed by atoms with E-state index in [0.717, 1.165) is 12.1 Å². The lowest BCUT2D eigenvalue weighted by atomic mass is 10.2. The molecule has 0 unspecified atom stereocenters. The van der Waals surface area contributed by atoms with E-state index in [1.54, 1.807) is 12.3 Å². The normalized spacial score (nSPS) is 11.3. The molecule has 0 aromatic carbocycles. The van der Waals surface area contributed by atoms with Crippen LogP contribution in [0.1, 0.15) is 19.4 Å². The molecular weight excluding hydrogens is 212 g/mol. The number of aromatic nitrogens is 1. The van der Waals surface area contributed by atoms with Gasteiger partial charge in [0.1, 0.15) is 5.15 Å². The number of aliphatic hydroxyl groups excluding tert-OH is 1. The standard InChI is InChI=1S/C11H17ClN2O/c1-9(2)14(5-6-15)8-10-3-4-11(12)13-7-10/h3-4,7,9,15H,5-6,8H2,1-2H3. The van der Waals surface area contributed by atoms with Gasteiger partial charge in [0.25, 0.3) is 0 Å². The molecule has 0 saturated heterocycles. The smallest absolute Gasteiger partial charge is 0.129 e. The predicted octanol–water partition coefficient (Wildman–Crippen LogP) is 1.94. The van der Waals surface area contributed by atoms with Gasteiger partial charge in [-0.3, -0.25) is 4.90 Å². The molecule has 0 amide bonds. The van der Waals surface area contributed by atoms with Crippen molar-refractivity contribution >= 4 is 11.6 Å². The van der Waals surface area contributed by atoms with Crippen molar-refractivity contribution in [1.29, 1.82) is 0 Å². The van der Waals surface area contributed by atoms with Crippen molar-refractivity contribution in [2.45, 2.75) is 26.4 Å². The topological polar surface area (TPSA) is 36.4 Å². The fourth-order valence-corrected chi connectivity index (χ4v) is 1.49. The van der Waals surface area contributed by atoms with Crippen LogP contribution in [0.5, 0.6) is 0 Å². The van der Waals surface area contributed by atoms with Crippen LogP contribution < -0.4 is 0 Å². The summed E-state index contributed by atoms with van der Waals surface area (Å²) < 4.78 is 0. The number of rotatable bonds is 5.